The van der Waals surface area contributed by atoms with Crippen LogP contribution in [0.15, 0.2) is 54.6 Å². The summed E-state index contributed by atoms with van der Waals surface area (Å²) in [7, 11) is 0. The molecule has 0 amide bonds. The van der Waals surface area contributed by atoms with Crippen molar-refractivity contribution in [2.45, 2.75) is 50.9 Å². The number of aromatic amines is 1. The lowest BCUT2D eigenvalue weighted by Crippen LogP contribution is -2.06. The van der Waals surface area contributed by atoms with Gasteiger partial charge in [0.15, 0.2) is 0 Å². The van der Waals surface area contributed by atoms with Crippen LogP contribution in [0.1, 0.15) is 65.1 Å². The first kappa shape index (κ1) is 20.1. The van der Waals surface area contributed by atoms with E-state index in [9.17, 15) is 15.0 Å². The second kappa shape index (κ2) is 7.80. The second-order valence-corrected chi connectivity index (χ2v) is 9.53. The van der Waals surface area contributed by atoms with E-state index in [0.29, 0.717) is 5.92 Å². The molecule has 4 aromatic rings. The molecular formula is C29H27NO3. The van der Waals surface area contributed by atoms with E-state index >= 15 is 0 Å². The molecule has 33 heavy (non-hydrogen) atoms. The van der Waals surface area contributed by atoms with Crippen molar-refractivity contribution in [3.63, 3.8) is 0 Å². The Bertz CT molecular complexity index is 1370. The molecule has 1 fully saturated rings. The third-order valence-corrected chi connectivity index (χ3v) is 7.59. The molecule has 3 N–H and O–H groups in total. The lowest BCUT2D eigenvalue weighted by atomic mass is 9.83. The van der Waals surface area contributed by atoms with Crippen molar-refractivity contribution in [3.05, 3.63) is 76.9 Å². The van der Waals surface area contributed by atoms with Gasteiger partial charge in [0.25, 0.3) is 0 Å². The summed E-state index contributed by atoms with van der Waals surface area (Å²) in [6, 6.07) is 18.9. The van der Waals surface area contributed by atoms with Crippen LogP contribution in [0, 0.1) is 0 Å². The molecule has 6 rings (SSSR count). The lowest BCUT2D eigenvalue weighted by molar-refractivity contribution is 0.0693. The van der Waals surface area contributed by atoms with Gasteiger partial charge in [-0.2, -0.15) is 0 Å². The topological polar surface area (TPSA) is 73.3 Å². The summed E-state index contributed by atoms with van der Waals surface area (Å²) in [5.41, 5.74) is 8.98. The Morgan fingerprint density at radius 1 is 0.879 bits per heavy atom. The van der Waals surface area contributed by atoms with Crippen LogP contribution in [-0.2, 0) is 12.8 Å². The molecule has 1 saturated carbocycles. The number of fused-ring (bicyclic) bond motifs is 5. The fraction of sp³-hybridized carbons (Fsp3) is 0.276. The van der Waals surface area contributed by atoms with E-state index in [0.717, 1.165) is 35.2 Å². The first-order valence-corrected chi connectivity index (χ1v) is 11.9. The van der Waals surface area contributed by atoms with Gasteiger partial charge in [-0.05, 0) is 77.6 Å². The quantitative estimate of drug-likeness (QED) is 0.321. The summed E-state index contributed by atoms with van der Waals surface area (Å²) in [5, 5.41) is 20.8. The summed E-state index contributed by atoms with van der Waals surface area (Å²) in [4.78, 5) is 15.0. The van der Waals surface area contributed by atoms with Crippen molar-refractivity contribution in [1.82, 2.24) is 4.98 Å². The van der Waals surface area contributed by atoms with Gasteiger partial charge in [0.1, 0.15) is 11.3 Å². The Balaban J connectivity index is 1.36. The Labute approximate surface area is 192 Å². The number of rotatable bonds is 3. The summed E-state index contributed by atoms with van der Waals surface area (Å²) in [5.74, 6) is -0.577. The molecule has 0 radical (unpaired) electrons. The van der Waals surface area contributed by atoms with Crippen LogP contribution in [0.3, 0.4) is 0 Å². The van der Waals surface area contributed by atoms with Crippen LogP contribution in [-0.4, -0.2) is 21.2 Å². The predicted octanol–water partition coefficient (Wildman–Crippen LogP) is 7.05. The van der Waals surface area contributed by atoms with E-state index in [2.05, 4.69) is 47.4 Å². The Morgan fingerprint density at radius 3 is 2.39 bits per heavy atom. The minimum absolute atomic E-state index is 0.0349. The summed E-state index contributed by atoms with van der Waals surface area (Å²) < 4.78 is 0. The number of aromatic carboxylic acids is 1. The van der Waals surface area contributed by atoms with Crippen LogP contribution < -0.4 is 0 Å². The van der Waals surface area contributed by atoms with E-state index in [1.165, 1.54) is 59.7 Å². The smallest absolute Gasteiger partial charge is 0.339 e. The zero-order valence-electron chi connectivity index (χ0n) is 18.5. The highest BCUT2D eigenvalue weighted by molar-refractivity contribution is 5.97. The van der Waals surface area contributed by atoms with Crippen molar-refractivity contribution in [1.29, 1.82) is 0 Å². The van der Waals surface area contributed by atoms with Gasteiger partial charge in [0, 0.05) is 16.5 Å². The number of carbonyl (C=O) groups is 1. The molecule has 0 atom stereocenters. The van der Waals surface area contributed by atoms with Gasteiger partial charge in [-0.1, -0.05) is 55.7 Å². The van der Waals surface area contributed by atoms with Crippen molar-refractivity contribution < 1.29 is 15.0 Å². The van der Waals surface area contributed by atoms with Crippen molar-refractivity contribution in [2.75, 3.05) is 0 Å². The Hall–Kier alpha value is -3.53. The molecule has 0 saturated heterocycles. The molecule has 4 nitrogen and oxygen atoms in total. The molecule has 1 heterocycles. The molecule has 4 heteroatoms. The Morgan fingerprint density at radius 2 is 1.64 bits per heavy atom. The lowest BCUT2D eigenvalue weighted by Gasteiger charge is -2.22. The molecule has 0 aliphatic heterocycles. The van der Waals surface area contributed by atoms with Gasteiger partial charge in [0.05, 0.1) is 5.69 Å². The summed E-state index contributed by atoms with van der Waals surface area (Å²) in [6.07, 6.45) is 8.30. The fourth-order valence-corrected chi connectivity index (χ4v) is 5.81. The number of hydrogen-bond acceptors (Lipinski definition) is 2. The normalized spacial score (nSPS) is 15.9. The van der Waals surface area contributed by atoms with Gasteiger partial charge in [-0.3, -0.25) is 0 Å². The number of aryl methyl sites for hydroxylation is 2. The minimum Gasteiger partial charge on any atom is -0.507 e. The minimum atomic E-state index is -1.10. The van der Waals surface area contributed by atoms with Gasteiger partial charge in [-0.25, -0.2) is 4.79 Å². The number of carboxylic acid groups (broad SMARTS) is 1. The molecular weight excluding hydrogens is 410 g/mol. The maximum absolute atomic E-state index is 11.4. The van der Waals surface area contributed by atoms with Gasteiger partial charge >= 0.3 is 5.97 Å². The molecule has 166 valence electrons. The van der Waals surface area contributed by atoms with Gasteiger partial charge in [0.2, 0.25) is 0 Å². The standard InChI is InChI=1S/C29H27NO3/c31-27-16-24-21(14-25(27)29(32)33)11-13-23-22-12-10-20(15-26(22)30-28(23)24)19-8-6-18(7-9-19)17-4-2-1-3-5-17/h6-10,12,14-17,30-31H,1-5,11,13H2,(H,32,33). The van der Waals surface area contributed by atoms with Crippen LogP contribution in [0.2, 0.25) is 0 Å². The van der Waals surface area contributed by atoms with Crippen LogP contribution >= 0.6 is 0 Å². The van der Waals surface area contributed by atoms with Crippen LogP contribution in [0.25, 0.3) is 33.3 Å². The van der Waals surface area contributed by atoms with Crippen LogP contribution in [0.5, 0.6) is 5.75 Å². The number of aromatic hydroxyl groups is 1. The molecule has 0 unspecified atom stereocenters. The first-order valence-electron chi connectivity index (χ1n) is 11.9. The van der Waals surface area contributed by atoms with E-state index in [1.54, 1.807) is 12.1 Å². The zero-order chi connectivity index (χ0) is 22.5. The highest BCUT2D eigenvalue weighted by Gasteiger charge is 2.24. The Kier molecular flexibility index (Phi) is 4.75. The zero-order valence-corrected chi connectivity index (χ0v) is 18.5. The van der Waals surface area contributed by atoms with E-state index in [4.69, 9.17) is 0 Å². The molecule has 0 spiro atoms. The fourth-order valence-electron chi connectivity index (χ4n) is 5.81. The number of phenols is 1. The number of nitrogens with one attached hydrogen (secondary N) is 1. The van der Waals surface area contributed by atoms with Gasteiger partial charge in [-0.15, -0.1) is 0 Å². The SMILES string of the molecule is O=C(O)c1cc2c(cc1O)-c1[nH]c3cc(-c4ccc(C5CCCCC5)cc4)ccc3c1CC2. The van der Waals surface area contributed by atoms with Crippen molar-refractivity contribution >= 4 is 16.9 Å². The van der Waals surface area contributed by atoms with E-state index in [-0.39, 0.29) is 11.3 Å². The molecule has 3 aromatic carbocycles. The predicted molar refractivity (Wildman–Crippen MR) is 131 cm³/mol. The maximum Gasteiger partial charge on any atom is 0.339 e. The highest BCUT2D eigenvalue weighted by Crippen LogP contribution is 2.41. The van der Waals surface area contributed by atoms with Gasteiger partial charge < -0.3 is 15.2 Å². The number of H-pyrrole nitrogens is 1. The average Bonchev–Trinajstić information content (AvgIpc) is 3.22. The van der Waals surface area contributed by atoms with Crippen molar-refractivity contribution in [3.8, 4) is 28.1 Å². The van der Waals surface area contributed by atoms with Crippen molar-refractivity contribution in [2.24, 2.45) is 0 Å². The second-order valence-electron chi connectivity index (χ2n) is 9.53. The summed E-state index contributed by atoms with van der Waals surface area (Å²) in [6.45, 7) is 0. The number of carboxylic acids is 1. The number of aromatic nitrogens is 1. The van der Waals surface area contributed by atoms with Crippen LogP contribution in [0.4, 0.5) is 0 Å². The summed E-state index contributed by atoms with van der Waals surface area (Å²) >= 11 is 0. The van der Waals surface area contributed by atoms with E-state index in [1.807, 2.05) is 0 Å². The first-order chi connectivity index (χ1) is 16.1. The third kappa shape index (κ3) is 3.41. The molecule has 0 bridgehead atoms. The van der Waals surface area contributed by atoms with E-state index < -0.39 is 5.97 Å². The maximum atomic E-state index is 11.4. The number of benzene rings is 3. The molecule has 1 aromatic heterocycles. The third-order valence-electron chi connectivity index (χ3n) is 7.59. The largest absolute Gasteiger partial charge is 0.507 e. The highest BCUT2D eigenvalue weighted by atomic mass is 16.4. The molecule has 2 aliphatic carbocycles. The molecule has 2 aliphatic rings. The monoisotopic (exact) mass is 437 g/mol. The number of hydrogen-bond donors (Lipinski definition) is 3. The average molecular weight is 438 g/mol.